The van der Waals surface area contributed by atoms with E-state index < -0.39 is 5.82 Å². The first-order valence-electron chi connectivity index (χ1n) is 6.02. The molecule has 3 aromatic rings. The van der Waals surface area contributed by atoms with E-state index in [1.807, 2.05) is 18.2 Å². The third kappa shape index (κ3) is 2.66. The van der Waals surface area contributed by atoms with Gasteiger partial charge in [0.1, 0.15) is 0 Å². The Morgan fingerprint density at radius 1 is 1.24 bits per heavy atom. The molecule has 0 bridgehead atoms. The van der Waals surface area contributed by atoms with E-state index in [4.69, 9.17) is 22.1 Å². The molecule has 0 fully saturated rings. The lowest BCUT2D eigenvalue weighted by Gasteiger charge is -2.12. The van der Waals surface area contributed by atoms with Gasteiger partial charge in [-0.05, 0) is 30.3 Å². The maximum absolute atomic E-state index is 14.0. The Labute approximate surface area is 133 Å². The highest BCUT2D eigenvalue weighted by molar-refractivity contribution is 9.10. The second-order valence-electron chi connectivity index (χ2n) is 4.36. The molecule has 0 amide bonds. The summed E-state index contributed by atoms with van der Waals surface area (Å²) in [5.74, 6) is -0.261. The van der Waals surface area contributed by atoms with Gasteiger partial charge in [-0.25, -0.2) is 4.39 Å². The first kappa shape index (κ1) is 14.1. The first-order chi connectivity index (χ1) is 10.1. The van der Waals surface area contributed by atoms with Crippen LogP contribution in [0.2, 0.25) is 5.02 Å². The second kappa shape index (κ2) is 5.50. The fraction of sp³-hybridized carbons (Fsp3) is 0. The van der Waals surface area contributed by atoms with Crippen LogP contribution in [0.4, 0.5) is 10.1 Å². The molecule has 1 heterocycles. The monoisotopic (exact) mass is 366 g/mol. The van der Waals surface area contributed by atoms with Crippen LogP contribution in [0.5, 0.6) is 11.5 Å². The molecule has 0 aliphatic rings. The Morgan fingerprint density at radius 3 is 2.86 bits per heavy atom. The Hall–Kier alpha value is -1.85. The van der Waals surface area contributed by atoms with Crippen molar-refractivity contribution in [3.8, 4) is 11.5 Å². The highest BCUT2D eigenvalue weighted by atomic mass is 79.9. The highest BCUT2D eigenvalue weighted by Crippen LogP contribution is 2.37. The molecule has 0 unspecified atom stereocenters. The zero-order chi connectivity index (χ0) is 15.0. The van der Waals surface area contributed by atoms with Gasteiger partial charge in [-0.1, -0.05) is 33.6 Å². The molecule has 0 aliphatic carbocycles. The van der Waals surface area contributed by atoms with Crippen LogP contribution in [0.3, 0.4) is 0 Å². The van der Waals surface area contributed by atoms with E-state index in [9.17, 15) is 4.39 Å². The minimum atomic E-state index is -0.626. The van der Waals surface area contributed by atoms with E-state index >= 15 is 0 Å². The second-order valence-corrected chi connectivity index (χ2v) is 5.68. The smallest absolute Gasteiger partial charge is 0.184 e. The average Bonchev–Trinajstić information content (AvgIpc) is 2.46. The summed E-state index contributed by atoms with van der Waals surface area (Å²) in [6.07, 6.45) is 1.48. The lowest BCUT2D eigenvalue weighted by Crippen LogP contribution is -1.96. The summed E-state index contributed by atoms with van der Waals surface area (Å²) < 4.78 is 20.5. The van der Waals surface area contributed by atoms with Crippen molar-refractivity contribution < 1.29 is 9.13 Å². The minimum Gasteiger partial charge on any atom is -0.451 e. The summed E-state index contributed by atoms with van der Waals surface area (Å²) in [5.41, 5.74) is 6.93. The predicted molar refractivity (Wildman–Crippen MR) is 85.3 cm³/mol. The van der Waals surface area contributed by atoms with Gasteiger partial charge in [0.2, 0.25) is 0 Å². The molecule has 0 atom stereocenters. The molecule has 2 N–H and O–H groups in total. The summed E-state index contributed by atoms with van der Waals surface area (Å²) >= 11 is 9.14. The van der Waals surface area contributed by atoms with Crippen molar-refractivity contribution in [2.24, 2.45) is 0 Å². The molecule has 3 rings (SSSR count). The molecule has 3 nitrogen and oxygen atoms in total. The quantitative estimate of drug-likeness (QED) is 0.680. The maximum atomic E-state index is 14.0. The van der Waals surface area contributed by atoms with Crippen LogP contribution in [-0.2, 0) is 0 Å². The number of rotatable bonds is 2. The molecule has 0 radical (unpaired) electrons. The fourth-order valence-electron chi connectivity index (χ4n) is 1.94. The Kier molecular flexibility index (Phi) is 3.69. The number of ether oxygens (including phenoxy) is 1. The van der Waals surface area contributed by atoms with E-state index in [-0.39, 0.29) is 10.8 Å². The minimum absolute atomic E-state index is 0.00869. The number of benzene rings is 2. The van der Waals surface area contributed by atoms with E-state index in [1.54, 1.807) is 6.07 Å². The Balaban J connectivity index is 2.18. The van der Waals surface area contributed by atoms with Crippen molar-refractivity contribution in [1.29, 1.82) is 0 Å². The van der Waals surface area contributed by atoms with Gasteiger partial charge in [0.05, 0.1) is 22.4 Å². The Morgan fingerprint density at radius 2 is 2.05 bits per heavy atom. The third-order valence-corrected chi connectivity index (χ3v) is 3.72. The lowest BCUT2D eigenvalue weighted by atomic mass is 10.2. The van der Waals surface area contributed by atoms with Crippen molar-refractivity contribution in [3.05, 3.63) is 57.9 Å². The molecular formula is C15H9BrClFN2O. The largest absolute Gasteiger partial charge is 0.451 e. The van der Waals surface area contributed by atoms with Gasteiger partial charge in [-0.15, -0.1) is 0 Å². The van der Waals surface area contributed by atoms with E-state index in [0.29, 0.717) is 22.3 Å². The van der Waals surface area contributed by atoms with Gasteiger partial charge in [0.25, 0.3) is 0 Å². The van der Waals surface area contributed by atoms with E-state index in [0.717, 1.165) is 4.47 Å². The molecule has 0 aliphatic heterocycles. The number of hydrogen-bond acceptors (Lipinski definition) is 3. The zero-order valence-corrected chi connectivity index (χ0v) is 13.0. The number of fused-ring (bicyclic) bond motifs is 1. The average molecular weight is 368 g/mol. The SMILES string of the molecule is Nc1cnc2ccc(Br)cc2c1Oc1cccc(Cl)c1F. The third-order valence-electron chi connectivity index (χ3n) is 2.94. The Bertz CT molecular complexity index is 836. The summed E-state index contributed by atoms with van der Waals surface area (Å²) in [7, 11) is 0. The van der Waals surface area contributed by atoms with Crippen LogP contribution in [0.1, 0.15) is 0 Å². The van der Waals surface area contributed by atoms with Gasteiger partial charge < -0.3 is 10.5 Å². The van der Waals surface area contributed by atoms with Gasteiger partial charge >= 0.3 is 0 Å². The van der Waals surface area contributed by atoms with Crippen LogP contribution >= 0.6 is 27.5 Å². The molecule has 1 aromatic heterocycles. The molecule has 0 spiro atoms. The molecule has 2 aromatic carbocycles. The van der Waals surface area contributed by atoms with E-state index in [2.05, 4.69) is 20.9 Å². The predicted octanol–water partition coefficient (Wildman–Crippen LogP) is 5.16. The topological polar surface area (TPSA) is 48.1 Å². The summed E-state index contributed by atoms with van der Waals surface area (Å²) in [5, 5.41) is 0.675. The number of hydrogen-bond donors (Lipinski definition) is 1. The molecule has 0 saturated carbocycles. The number of pyridine rings is 1. The molecule has 106 valence electrons. The molecule has 6 heteroatoms. The number of nitrogens with two attached hydrogens (primary N) is 1. The number of anilines is 1. The fourth-order valence-corrected chi connectivity index (χ4v) is 2.47. The van der Waals surface area contributed by atoms with Crippen LogP contribution in [0.25, 0.3) is 10.9 Å². The number of halogens is 3. The van der Waals surface area contributed by atoms with E-state index in [1.165, 1.54) is 18.3 Å². The van der Waals surface area contributed by atoms with Crippen molar-refractivity contribution in [1.82, 2.24) is 4.98 Å². The summed E-state index contributed by atoms with van der Waals surface area (Å²) in [6, 6.07) is 10.0. The number of nitrogens with zero attached hydrogens (tertiary/aromatic N) is 1. The normalized spacial score (nSPS) is 10.8. The van der Waals surface area contributed by atoms with Crippen molar-refractivity contribution in [2.75, 3.05) is 5.73 Å². The maximum Gasteiger partial charge on any atom is 0.184 e. The summed E-state index contributed by atoms with van der Waals surface area (Å²) in [4.78, 5) is 4.22. The number of aromatic nitrogens is 1. The molecule has 0 saturated heterocycles. The standard InChI is InChI=1S/C15H9BrClFN2O/c16-8-4-5-12-9(6-8)15(11(19)7-20-12)21-13-3-1-2-10(17)14(13)18/h1-7H,19H2. The van der Waals surface area contributed by atoms with Crippen LogP contribution in [0, 0.1) is 5.82 Å². The molecular weight excluding hydrogens is 359 g/mol. The van der Waals surface area contributed by atoms with Gasteiger partial charge in [0, 0.05) is 9.86 Å². The van der Waals surface area contributed by atoms with Crippen LogP contribution in [-0.4, -0.2) is 4.98 Å². The van der Waals surface area contributed by atoms with Gasteiger partial charge in [-0.3, -0.25) is 4.98 Å². The van der Waals surface area contributed by atoms with Crippen molar-refractivity contribution in [2.45, 2.75) is 0 Å². The van der Waals surface area contributed by atoms with Gasteiger partial charge in [0.15, 0.2) is 17.3 Å². The van der Waals surface area contributed by atoms with Gasteiger partial charge in [-0.2, -0.15) is 0 Å². The van der Waals surface area contributed by atoms with Crippen molar-refractivity contribution >= 4 is 44.1 Å². The zero-order valence-electron chi connectivity index (χ0n) is 10.6. The van der Waals surface area contributed by atoms with Crippen molar-refractivity contribution in [3.63, 3.8) is 0 Å². The van der Waals surface area contributed by atoms with Crippen LogP contribution in [0.15, 0.2) is 47.1 Å². The first-order valence-corrected chi connectivity index (χ1v) is 7.19. The number of nitrogen functional groups attached to an aromatic ring is 1. The lowest BCUT2D eigenvalue weighted by molar-refractivity contribution is 0.448. The van der Waals surface area contributed by atoms with Crippen LogP contribution < -0.4 is 10.5 Å². The summed E-state index contributed by atoms with van der Waals surface area (Å²) in [6.45, 7) is 0. The molecule has 21 heavy (non-hydrogen) atoms. The highest BCUT2D eigenvalue weighted by Gasteiger charge is 2.14.